The third-order valence-electron chi connectivity index (χ3n) is 3.67. The molecule has 3 aromatic rings. The number of azo groups is 1. The quantitative estimate of drug-likeness (QED) is 0.714. The van der Waals surface area contributed by atoms with Crippen LogP contribution >= 0.6 is 0 Å². The van der Waals surface area contributed by atoms with Crippen molar-refractivity contribution in [2.75, 3.05) is 6.54 Å². The van der Waals surface area contributed by atoms with Gasteiger partial charge in [0.1, 0.15) is 5.65 Å². The highest BCUT2D eigenvalue weighted by Crippen LogP contribution is 2.23. The van der Waals surface area contributed by atoms with Crippen molar-refractivity contribution in [3.63, 3.8) is 0 Å². The zero-order chi connectivity index (χ0) is 14.1. The van der Waals surface area contributed by atoms with Gasteiger partial charge in [0.15, 0.2) is 0 Å². The van der Waals surface area contributed by atoms with Gasteiger partial charge in [-0.2, -0.15) is 10.2 Å². The van der Waals surface area contributed by atoms with Crippen molar-refractivity contribution in [1.29, 1.82) is 0 Å². The third kappa shape index (κ3) is 2.25. The van der Waals surface area contributed by atoms with Crippen LogP contribution in [0.5, 0.6) is 0 Å². The van der Waals surface area contributed by atoms with Gasteiger partial charge in [-0.05, 0) is 35.8 Å². The van der Waals surface area contributed by atoms with Crippen LogP contribution in [0.25, 0.3) is 16.9 Å². The summed E-state index contributed by atoms with van der Waals surface area (Å²) in [6, 6.07) is 14.6. The van der Waals surface area contributed by atoms with E-state index in [1.165, 1.54) is 16.7 Å². The molecular weight excluding hydrogens is 260 g/mol. The summed E-state index contributed by atoms with van der Waals surface area (Å²) in [4.78, 5) is 4.45. The molecule has 0 atom stereocenters. The molecule has 0 unspecified atom stereocenters. The van der Waals surface area contributed by atoms with E-state index in [1.807, 2.05) is 36.8 Å². The maximum absolute atomic E-state index is 4.45. The Morgan fingerprint density at radius 2 is 2.10 bits per heavy atom. The average Bonchev–Trinajstić information content (AvgIpc) is 3.16. The number of pyridine rings is 1. The first-order valence-electron chi connectivity index (χ1n) is 6.96. The Labute approximate surface area is 122 Å². The molecule has 0 radical (unpaired) electrons. The maximum atomic E-state index is 4.45. The van der Waals surface area contributed by atoms with Gasteiger partial charge in [0.05, 0.1) is 24.6 Å². The van der Waals surface area contributed by atoms with Crippen molar-refractivity contribution >= 4 is 5.65 Å². The molecular formula is C17H14N4. The van der Waals surface area contributed by atoms with Crippen molar-refractivity contribution in [2.24, 2.45) is 10.2 Å². The second-order valence-electron chi connectivity index (χ2n) is 5.15. The second kappa shape index (κ2) is 4.98. The summed E-state index contributed by atoms with van der Waals surface area (Å²) < 4.78 is 2.11. The van der Waals surface area contributed by atoms with Crippen molar-refractivity contribution in [2.45, 2.75) is 6.42 Å². The molecule has 4 heteroatoms. The normalized spacial score (nSPS) is 13.8. The molecule has 1 aromatic carbocycles. The summed E-state index contributed by atoms with van der Waals surface area (Å²) in [6.45, 7) is 0.722. The lowest BCUT2D eigenvalue weighted by Gasteiger charge is -2.06. The van der Waals surface area contributed by atoms with Gasteiger partial charge in [-0.3, -0.25) is 4.40 Å². The van der Waals surface area contributed by atoms with Crippen LogP contribution in [0.15, 0.2) is 76.9 Å². The van der Waals surface area contributed by atoms with Crippen LogP contribution in [-0.2, 0) is 6.42 Å². The molecule has 102 valence electrons. The highest BCUT2D eigenvalue weighted by atomic mass is 15.1. The predicted molar refractivity (Wildman–Crippen MR) is 82.1 cm³/mol. The average molecular weight is 274 g/mol. The lowest BCUT2D eigenvalue weighted by Crippen LogP contribution is -1.93. The minimum Gasteiger partial charge on any atom is -0.300 e. The number of hydrogen-bond donors (Lipinski definition) is 0. The number of benzene rings is 1. The monoisotopic (exact) mass is 274 g/mol. The Morgan fingerprint density at radius 1 is 1.10 bits per heavy atom. The predicted octanol–water partition coefficient (Wildman–Crippen LogP) is 3.89. The minimum atomic E-state index is 0.722. The van der Waals surface area contributed by atoms with Crippen LogP contribution in [0.2, 0.25) is 0 Å². The Hall–Kier alpha value is -2.75. The molecule has 0 amide bonds. The molecule has 0 aliphatic carbocycles. The van der Waals surface area contributed by atoms with Crippen molar-refractivity contribution in [3.05, 3.63) is 72.2 Å². The highest BCUT2D eigenvalue weighted by Gasteiger charge is 2.08. The number of fused-ring (bicyclic) bond motifs is 1. The van der Waals surface area contributed by atoms with Crippen LogP contribution in [-0.4, -0.2) is 15.9 Å². The molecule has 2 aromatic heterocycles. The lowest BCUT2D eigenvalue weighted by molar-refractivity contribution is 1.04. The van der Waals surface area contributed by atoms with E-state index >= 15 is 0 Å². The summed E-state index contributed by atoms with van der Waals surface area (Å²) in [5.41, 5.74) is 5.79. The number of aromatic nitrogens is 2. The summed E-state index contributed by atoms with van der Waals surface area (Å²) >= 11 is 0. The van der Waals surface area contributed by atoms with Crippen LogP contribution in [0.1, 0.15) is 5.56 Å². The summed E-state index contributed by atoms with van der Waals surface area (Å²) in [6.07, 6.45) is 6.73. The van der Waals surface area contributed by atoms with E-state index in [0.29, 0.717) is 0 Å². The summed E-state index contributed by atoms with van der Waals surface area (Å²) in [5.74, 6) is 0. The van der Waals surface area contributed by atoms with E-state index < -0.39 is 0 Å². The van der Waals surface area contributed by atoms with E-state index in [-0.39, 0.29) is 0 Å². The van der Waals surface area contributed by atoms with Crippen molar-refractivity contribution in [1.82, 2.24) is 9.38 Å². The molecule has 1 aliphatic heterocycles. The number of imidazole rings is 1. The fourth-order valence-corrected chi connectivity index (χ4v) is 2.65. The molecule has 3 heterocycles. The highest BCUT2D eigenvalue weighted by molar-refractivity contribution is 5.64. The molecule has 4 nitrogen and oxygen atoms in total. The maximum Gasteiger partial charge on any atom is 0.137 e. The molecule has 4 rings (SSSR count). The Morgan fingerprint density at radius 3 is 3.00 bits per heavy atom. The van der Waals surface area contributed by atoms with Gasteiger partial charge in [0.25, 0.3) is 0 Å². The Bertz CT molecular complexity index is 858. The van der Waals surface area contributed by atoms with Crippen LogP contribution in [0.4, 0.5) is 0 Å². The minimum absolute atomic E-state index is 0.722. The van der Waals surface area contributed by atoms with E-state index in [4.69, 9.17) is 0 Å². The van der Waals surface area contributed by atoms with Crippen LogP contribution < -0.4 is 0 Å². The molecule has 1 aliphatic rings. The van der Waals surface area contributed by atoms with Gasteiger partial charge in [-0.1, -0.05) is 24.3 Å². The number of nitrogens with zero attached hydrogens (tertiary/aromatic N) is 4. The molecule has 21 heavy (non-hydrogen) atoms. The largest absolute Gasteiger partial charge is 0.300 e. The fraction of sp³-hybridized carbons (Fsp3) is 0.118. The first kappa shape index (κ1) is 12.0. The van der Waals surface area contributed by atoms with E-state index in [1.54, 1.807) is 0 Å². The topological polar surface area (TPSA) is 42.0 Å². The van der Waals surface area contributed by atoms with Crippen LogP contribution in [0.3, 0.4) is 0 Å². The van der Waals surface area contributed by atoms with E-state index in [2.05, 4.69) is 43.9 Å². The van der Waals surface area contributed by atoms with E-state index in [0.717, 1.165) is 24.3 Å². The first-order valence-corrected chi connectivity index (χ1v) is 6.96. The van der Waals surface area contributed by atoms with Gasteiger partial charge in [0.2, 0.25) is 0 Å². The Kier molecular flexibility index (Phi) is 2.85. The van der Waals surface area contributed by atoms with Crippen LogP contribution in [0, 0.1) is 0 Å². The van der Waals surface area contributed by atoms with Gasteiger partial charge >= 0.3 is 0 Å². The van der Waals surface area contributed by atoms with E-state index in [9.17, 15) is 0 Å². The van der Waals surface area contributed by atoms with Gasteiger partial charge < -0.3 is 0 Å². The standard InChI is InChI=1S/C17H14N4/c1-2-7-21-16(12-18-17(21)6-1)15-5-3-4-13(9-15)8-14-10-19-20-11-14/h1-7,9-10,12H,8,11H2. The molecule has 0 N–H and O–H groups in total. The molecule has 0 fully saturated rings. The smallest absolute Gasteiger partial charge is 0.137 e. The number of rotatable bonds is 3. The zero-order valence-corrected chi connectivity index (χ0v) is 11.5. The molecule has 0 saturated heterocycles. The summed E-state index contributed by atoms with van der Waals surface area (Å²) in [5, 5.41) is 7.92. The van der Waals surface area contributed by atoms with Crippen molar-refractivity contribution in [3.8, 4) is 11.3 Å². The molecule has 0 bridgehead atoms. The summed E-state index contributed by atoms with van der Waals surface area (Å²) in [7, 11) is 0. The Balaban J connectivity index is 1.72. The fourth-order valence-electron chi connectivity index (χ4n) is 2.65. The molecule has 0 saturated carbocycles. The zero-order valence-electron chi connectivity index (χ0n) is 11.5. The first-order chi connectivity index (χ1) is 10.4. The second-order valence-corrected chi connectivity index (χ2v) is 5.15. The van der Waals surface area contributed by atoms with Gasteiger partial charge in [-0.25, -0.2) is 4.98 Å². The lowest BCUT2D eigenvalue weighted by atomic mass is 10.0. The third-order valence-corrected chi connectivity index (χ3v) is 3.67. The molecule has 0 spiro atoms. The van der Waals surface area contributed by atoms with Crippen molar-refractivity contribution < 1.29 is 0 Å². The number of hydrogen-bond acceptors (Lipinski definition) is 3. The van der Waals surface area contributed by atoms with Gasteiger partial charge in [-0.15, -0.1) is 0 Å². The van der Waals surface area contributed by atoms with Gasteiger partial charge in [0, 0.05) is 11.8 Å². The SMILES string of the molecule is C1=C(Cc2cccc(-c3cnc4ccccn34)c2)CN=N1.